The van der Waals surface area contributed by atoms with E-state index in [-0.39, 0.29) is 0 Å². The summed E-state index contributed by atoms with van der Waals surface area (Å²) in [6.07, 6.45) is 1.37. The third-order valence-corrected chi connectivity index (χ3v) is 3.38. The Labute approximate surface area is 99.5 Å². The van der Waals surface area contributed by atoms with Crippen LogP contribution in [0, 0.1) is 0 Å². The molecule has 0 unspecified atom stereocenters. The van der Waals surface area contributed by atoms with Crippen molar-refractivity contribution < 1.29 is 4.74 Å². The van der Waals surface area contributed by atoms with Crippen LogP contribution in [0.1, 0.15) is 12.0 Å². The Morgan fingerprint density at radius 1 is 1.40 bits per heavy atom. The van der Waals surface area contributed by atoms with Crippen molar-refractivity contribution in [1.82, 2.24) is 5.32 Å². The lowest BCUT2D eigenvalue weighted by Gasteiger charge is -2.11. The highest BCUT2D eigenvalue weighted by atomic mass is 35.5. The zero-order chi connectivity index (χ0) is 10.7. The van der Waals surface area contributed by atoms with E-state index < -0.39 is 0 Å². The fourth-order valence-electron chi connectivity index (χ4n) is 1.64. The molecular formula is C11H13Cl2NO. The largest absolute Gasteiger partial charge is 0.372 e. The molecule has 0 saturated carbocycles. The Kier molecular flexibility index (Phi) is 3.87. The molecule has 0 bridgehead atoms. The van der Waals surface area contributed by atoms with Gasteiger partial charge < -0.3 is 10.1 Å². The van der Waals surface area contributed by atoms with Crippen molar-refractivity contribution in [3.63, 3.8) is 0 Å². The van der Waals surface area contributed by atoms with Gasteiger partial charge in [0.1, 0.15) is 0 Å². The molecular weight excluding hydrogens is 233 g/mol. The van der Waals surface area contributed by atoms with Gasteiger partial charge in [-0.05, 0) is 24.6 Å². The molecule has 0 spiro atoms. The summed E-state index contributed by atoms with van der Waals surface area (Å²) in [5.74, 6) is 0. The minimum Gasteiger partial charge on any atom is -0.372 e. The second kappa shape index (κ2) is 5.17. The van der Waals surface area contributed by atoms with E-state index in [1.165, 1.54) is 0 Å². The Balaban J connectivity index is 1.95. The van der Waals surface area contributed by atoms with Gasteiger partial charge in [0.25, 0.3) is 0 Å². The number of halogens is 2. The van der Waals surface area contributed by atoms with Gasteiger partial charge in [-0.1, -0.05) is 35.3 Å². The number of ether oxygens (including phenoxy) is 1. The molecule has 4 heteroatoms. The highest BCUT2D eigenvalue weighted by molar-refractivity contribution is 6.42. The van der Waals surface area contributed by atoms with Crippen LogP contribution in [0.15, 0.2) is 18.2 Å². The van der Waals surface area contributed by atoms with Crippen LogP contribution in [0.3, 0.4) is 0 Å². The van der Waals surface area contributed by atoms with Gasteiger partial charge in [0.05, 0.1) is 22.8 Å². The Hall–Kier alpha value is -0.280. The average molecular weight is 246 g/mol. The summed E-state index contributed by atoms with van der Waals surface area (Å²) in [6, 6.07) is 5.61. The fourth-order valence-corrected chi connectivity index (χ4v) is 2.01. The van der Waals surface area contributed by atoms with Crippen molar-refractivity contribution in [2.75, 3.05) is 13.1 Å². The Bertz CT molecular complexity index is 337. The van der Waals surface area contributed by atoms with Crippen LogP contribution in [0.5, 0.6) is 0 Å². The van der Waals surface area contributed by atoms with Crippen LogP contribution in [0.25, 0.3) is 0 Å². The lowest BCUT2D eigenvalue weighted by molar-refractivity contribution is 0.0543. The SMILES string of the molecule is Clc1cccc(CO[C@H]2CCNC2)c1Cl. The van der Waals surface area contributed by atoms with Crippen molar-refractivity contribution in [3.8, 4) is 0 Å². The van der Waals surface area contributed by atoms with Crippen molar-refractivity contribution in [2.24, 2.45) is 0 Å². The molecule has 1 aromatic carbocycles. The standard InChI is InChI=1S/C11H13Cl2NO/c12-10-3-1-2-8(11(10)13)7-15-9-4-5-14-6-9/h1-3,9,14H,4-7H2/t9-/m0/s1. The van der Waals surface area contributed by atoms with E-state index in [1.807, 2.05) is 12.1 Å². The predicted molar refractivity (Wildman–Crippen MR) is 62.5 cm³/mol. The van der Waals surface area contributed by atoms with E-state index >= 15 is 0 Å². The first-order valence-electron chi connectivity index (χ1n) is 5.02. The van der Waals surface area contributed by atoms with Gasteiger partial charge >= 0.3 is 0 Å². The lowest BCUT2D eigenvalue weighted by Crippen LogP contribution is -2.16. The first kappa shape index (κ1) is 11.2. The van der Waals surface area contributed by atoms with Crippen LogP contribution in [-0.2, 0) is 11.3 Å². The van der Waals surface area contributed by atoms with E-state index in [2.05, 4.69) is 5.32 Å². The van der Waals surface area contributed by atoms with E-state index in [0.717, 1.165) is 25.1 Å². The number of rotatable bonds is 3. The molecule has 15 heavy (non-hydrogen) atoms. The topological polar surface area (TPSA) is 21.3 Å². The molecule has 1 N–H and O–H groups in total. The molecule has 0 radical (unpaired) electrons. The molecule has 1 aromatic rings. The van der Waals surface area contributed by atoms with Gasteiger partial charge in [-0.25, -0.2) is 0 Å². The molecule has 0 aliphatic carbocycles. The minimum absolute atomic E-state index is 0.306. The molecule has 1 heterocycles. The minimum atomic E-state index is 0.306. The van der Waals surface area contributed by atoms with Gasteiger partial charge in [-0.2, -0.15) is 0 Å². The second-order valence-electron chi connectivity index (χ2n) is 3.64. The Morgan fingerprint density at radius 3 is 3.00 bits per heavy atom. The van der Waals surface area contributed by atoms with Crippen LogP contribution < -0.4 is 5.32 Å². The molecule has 1 atom stereocenters. The van der Waals surface area contributed by atoms with E-state index in [1.54, 1.807) is 6.07 Å². The Morgan fingerprint density at radius 2 is 2.27 bits per heavy atom. The van der Waals surface area contributed by atoms with Gasteiger partial charge in [0.15, 0.2) is 0 Å². The van der Waals surface area contributed by atoms with Gasteiger partial charge in [-0.15, -0.1) is 0 Å². The fraction of sp³-hybridized carbons (Fsp3) is 0.455. The summed E-state index contributed by atoms with van der Waals surface area (Å²) in [5, 5.41) is 4.44. The quantitative estimate of drug-likeness (QED) is 0.885. The molecule has 82 valence electrons. The molecule has 0 aromatic heterocycles. The van der Waals surface area contributed by atoms with Crippen molar-refractivity contribution >= 4 is 23.2 Å². The third-order valence-electron chi connectivity index (χ3n) is 2.52. The first-order chi connectivity index (χ1) is 7.27. The molecule has 2 nitrogen and oxygen atoms in total. The molecule has 1 saturated heterocycles. The summed E-state index contributed by atoms with van der Waals surface area (Å²) in [4.78, 5) is 0. The molecule has 2 rings (SSSR count). The summed E-state index contributed by atoms with van der Waals surface area (Å²) >= 11 is 12.0. The van der Waals surface area contributed by atoms with E-state index in [9.17, 15) is 0 Å². The molecule has 1 aliphatic heterocycles. The van der Waals surface area contributed by atoms with Gasteiger partial charge in [0.2, 0.25) is 0 Å². The number of hydrogen-bond donors (Lipinski definition) is 1. The van der Waals surface area contributed by atoms with Crippen molar-refractivity contribution in [1.29, 1.82) is 0 Å². The average Bonchev–Trinajstić information content (AvgIpc) is 2.73. The maximum atomic E-state index is 6.05. The van der Waals surface area contributed by atoms with Crippen molar-refractivity contribution in [2.45, 2.75) is 19.1 Å². The zero-order valence-corrected chi connectivity index (χ0v) is 9.81. The number of nitrogens with one attached hydrogen (secondary N) is 1. The first-order valence-corrected chi connectivity index (χ1v) is 5.78. The summed E-state index contributed by atoms with van der Waals surface area (Å²) in [6.45, 7) is 2.50. The van der Waals surface area contributed by atoms with Crippen LogP contribution in [-0.4, -0.2) is 19.2 Å². The summed E-state index contributed by atoms with van der Waals surface area (Å²) in [7, 11) is 0. The maximum absolute atomic E-state index is 6.05. The highest BCUT2D eigenvalue weighted by Crippen LogP contribution is 2.26. The van der Waals surface area contributed by atoms with Crippen LogP contribution in [0.4, 0.5) is 0 Å². The summed E-state index contributed by atoms with van der Waals surface area (Å²) in [5.41, 5.74) is 0.955. The van der Waals surface area contributed by atoms with Crippen LogP contribution in [0.2, 0.25) is 10.0 Å². The molecule has 0 amide bonds. The number of benzene rings is 1. The normalized spacial score (nSPS) is 20.8. The maximum Gasteiger partial charge on any atom is 0.0736 e. The highest BCUT2D eigenvalue weighted by Gasteiger charge is 2.15. The third kappa shape index (κ3) is 2.85. The zero-order valence-electron chi connectivity index (χ0n) is 8.30. The van der Waals surface area contributed by atoms with Gasteiger partial charge in [0, 0.05) is 6.54 Å². The van der Waals surface area contributed by atoms with E-state index in [4.69, 9.17) is 27.9 Å². The second-order valence-corrected chi connectivity index (χ2v) is 4.42. The van der Waals surface area contributed by atoms with Crippen molar-refractivity contribution in [3.05, 3.63) is 33.8 Å². The van der Waals surface area contributed by atoms with Gasteiger partial charge in [-0.3, -0.25) is 0 Å². The van der Waals surface area contributed by atoms with E-state index in [0.29, 0.717) is 22.8 Å². The monoisotopic (exact) mass is 245 g/mol. The molecule has 1 aliphatic rings. The number of hydrogen-bond acceptors (Lipinski definition) is 2. The molecule has 1 fully saturated rings. The smallest absolute Gasteiger partial charge is 0.0736 e. The summed E-state index contributed by atoms with van der Waals surface area (Å²) < 4.78 is 5.72. The van der Waals surface area contributed by atoms with Crippen LogP contribution >= 0.6 is 23.2 Å². The lowest BCUT2D eigenvalue weighted by atomic mass is 10.2. The predicted octanol–water partition coefficient (Wildman–Crippen LogP) is 2.87.